The van der Waals surface area contributed by atoms with Crippen molar-refractivity contribution in [1.29, 1.82) is 0 Å². The van der Waals surface area contributed by atoms with E-state index in [4.69, 9.17) is 0 Å². The summed E-state index contributed by atoms with van der Waals surface area (Å²) in [7, 11) is 0. The molecule has 2 heteroatoms. The van der Waals surface area contributed by atoms with Crippen LogP contribution in [-0.4, -0.2) is 4.57 Å². The average molecular weight is 728 g/mol. The van der Waals surface area contributed by atoms with Crippen molar-refractivity contribution in [2.45, 2.75) is 304 Å². The van der Waals surface area contributed by atoms with E-state index in [-0.39, 0.29) is 0 Å². The lowest BCUT2D eigenvalue weighted by Crippen LogP contribution is -2.37. The van der Waals surface area contributed by atoms with Gasteiger partial charge >= 0.3 is 0 Å². The Bertz CT molecular complexity index is 796. The Morgan fingerprint density at radius 1 is 0.327 bits per heavy atom. The van der Waals surface area contributed by atoms with Crippen molar-refractivity contribution in [3.05, 3.63) is 18.2 Å². The first-order valence-corrected chi connectivity index (χ1v) is 24.9. The van der Waals surface area contributed by atoms with Gasteiger partial charge in [-0.3, -0.25) is 0 Å². The van der Waals surface area contributed by atoms with Gasteiger partial charge < -0.3 is 0 Å². The monoisotopic (exact) mass is 728 g/mol. The summed E-state index contributed by atoms with van der Waals surface area (Å²) in [5.74, 6) is 1.63. The molecule has 0 saturated carbocycles. The van der Waals surface area contributed by atoms with E-state index in [2.05, 4.69) is 42.3 Å². The Morgan fingerprint density at radius 2 is 0.596 bits per heavy atom. The molecule has 0 radical (unpaired) electrons. The van der Waals surface area contributed by atoms with Gasteiger partial charge in [0.05, 0.1) is 13.1 Å². The SMILES string of the molecule is CCCCCCCCCCCCCCCCCCn1cc[n+](CCCCCCCCCCCCCCC)c1CCCCCCCCCCCCCC. The number of aryl methyl sites for hydroxylation is 2. The Kier molecular flexibility index (Phi) is 39.2. The molecule has 1 aromatic heterocycles. The topological polar surface area (TPSA) is 8.81 Å². The Labute approximate surface area is 329 Å². The second kappa shape index (κ2) is 41.4. The van der Waals surface area contributed by atoms with Crippen molar-refractivity contribution in [2.75, 3.05) is 0 Å². The predicted molar refractivity (Wildman–Crippen MR) is 235 cm³/mol. The molecule has 0 amide bonds. The molecule has 0 bridgehead atoms. The minimum atomic E-state index is 1.23. The maximum atomic E-state index is 2.66. The number of hydrogen-bond acceptors (Lipinski definition) is 0. The van der Waals surface area contributed by atoms with Crippen LogP contribution in [0.2, 0.25) is 0 Å². The van der Waals surface area contributed by atoms with Crippen LogP contribution in [0, 0.1) is 0 Å². The van der Waals surface area contributed by atoms with Crippen LogP contribution in [-0.2, 0) is 19.5 Å². The van der Waals surface area contributed by atoms with Gasteiger partial charge in [0.1, 0.15) is 12.4 Å². The fourth-order valence-electron chi connectivity index (χ4n) is 8.45. The van der Waals surface area contributed by atoms with E-state index < -0.39 is 0 Å². The number of rotatable bonds is 44. The standard InChI is InChI=1S/C50H99N2/c1-4-7-10-13-16-19-22-25-26-27-29-32-35-38-41-44-47-52-49-48-51(46-43-40-37-34-31-28-23-20-17-14-11-8-5-2)50(52)45-42-39-36-33-30-24-21-18-15-12-9-6-3/h48-49H,4-47H2,1-3H3/q+1. The minimum absolute atomic E-state index is 1.23. The van der Waals surface area contributed by atoms with Crippen LogP contribution >= 0.6 is 0 Å². The second-order valence-corrected chi connectivity index (χ2v) is 17.3. The first kappa shape index (κ1) is 49.2. The second-order valence-electron chi connectivity index (χ2n) is 17.3. The smallest absolute Gasteiger partial charge is 0.234 e. The summed E-state index contributed by atoms with van der Waals surface area (Å²) >= 11 is 0. The molecule has 2 nitrogen and oxygen atoms in total. The summed E-state index contributed by atoms with van der Waals surface area (Å²) in [5, 5.41) is 0. The summed E-state index contributed by atoms with van der Waals surface area (Å²) < 4.78 is 5.31. The summed E-state index contributed by atoms with van der Waals surface area (Å²) in [6.45, 7) is 9.42. The Morgan fingerprint density at radius 3 is 0.923 bits per heavy atom. The molecule has 52 heavy (non-hydrogen) atoms. The molecule has 0 aromatic carbocycles. The minimum Gasteiger partial charge on any atom is -0.234 e. The summed E-state index contributed by atoms with van der Waals surface area (Å²) in [6, 6.07) is 0. The quantitative estimate of drug-likeness (QED) is 0.0467. The molecule has 0 aliphatic heterocycles. The summed E-state index contributed by atoms with van der Waals surface area (Å²) in [5.41, 5.74) is 0. The summed E-state index contributed by atoms with van der Waals surface area (Å²) in [6.07, 6.45) is 65.3. The molecule has 308 valence electrons. The number of imidazole rings is 1. The molecule has 0 N–H and O–H groups in total. The molecule has 1 rings (SSSR count). The third kappa shape index (κ3) is 32.6. The van der Waals surface area contributed by atoms with Gasteiger partial charge in [-0.2, -0.15) is 0 Å². The van der Waals surface area contributed by atoms with E-state index in [1.165, 1.54) is 283 Å². The summed E-state index contributed by atoms with van der Waals surface area (Å²) in [4.78, 5) is 0. The average Bonchev–Trinajstić information content (AvgIpc) is 3.54. The molecular weight excluding hydrogens is 629 g/mol. The maximum Gasteiger partial charge on any atom is 0.256 e. The zero-order valence-electron chi connectivity index (χ0n) is 36.7. The molecule has 0 atom stereocenters. The number of aromatic nitrogens is 2. The highest BCUT2D eigenvalue weighted by Crippen LogP contribution is 2.17. The lowest BCUT2D eigenvalue weighted by Gasteiger charge is -2.07. The molecule has 0 fully saturated rings. The predicted octanol–water partition coefficient (Wildman–Crippen LogP) is 17.4. The van der Waals surface area contributed by atoms with Gasteiger partial charge in [0.15, 0.2) is 0 Å². The van der Waals surface area contributed by atoms with E-state index >= 15 is 0 Å². The number of nitrogens with zero attached hydrogens (tertiary/aromatic N) is 2. The normalized spacial score (nSPS) is 11.7. The van der Waals surface area contributed by atoms with E-state index in [1.807, 2.05) is 0 Å². The highest BCUT2D eigenvalue weighted by atomic mass is 15.1. The molecule has 0 spiro atoms. The van der Waals surface area contributed by atoms with Crippen molar-refractivity contribution in [3.8, 4) is 0 Å². The third-order valence-corrected chi connectivity index (χ3v) is 12.1. The maximum absolute atomic E-state index is 2.66. The van der Waals surface area contributed by atoms with E-state index in [0.29, 0.717) is 0 Å². The van der Waals surface area contributed by atoms with Crippen LogP contribution in [0.15, 0.2) is 12.4 Å². The van der Waals surface area contributed by atoms with Gasteiger partial charge in [-0.05, 0) is 32.1 Å². The zero-order valence-corrected chi connectivity index (χ0v) is 36.7. The van der Waals surface area contributed by atoms with E-state index in [9.17, 15) is 0 Å². The first-order chi connectivity index (χ1) is 25.8. The Balaban J connectivity index is 2.25. The van der Waals surface area contributed by atoms with E-state index in [0.717, 1.165) is 0 Å². The van der Waals surface area contributed by atoms with Crippen LogP contribution in [0.1, 0.15) is 290 Å². The number of unbranched alkanes of at least 4 members (excludes halogenated alkanes) is 38. The van der Waals surface area contributed by atoms with Gasteiger partial charge in [0.25, 0.3) is 5.82 Å². The molecule has 0 unspecified atom stereocenters. The van der Waals surface area contributed by atoms with Gasteiger partial charge in [-0.1, -0.05) is 252 Å². The van der Waals surface area contributed by atoms with Crippen molar-refractivity contribution in [1.82, 2.24) is 4.57 Å². The van der Waals surface area contributed by atoms with Crippen LogP contribution in [0.4, 0.5) is 0 Å². The van der Waals surface area contributed by atoms with Crippen LogP contribution in [0.3, 0.4) is 0 Å². The molecule has 0 aliphatic carbocycles. The molecule has 1 heterocycles. The molecule has 1 aromatic rings. The zero-order chi connectivity index (χ0) is 37.3. The lowest BCUT2D eigenvalue weighted by molar-refractivity contribution is -0.704. The molecule has 0 saturated heterocycles. The van der Waals surface area contributed by atoms with Crippen molar-refractivity contribution in [2.24, 2.45) is 0 Å². The highest BCUT2D eigenvalue weighted by Gasteiger charge is 2.16. The van der Waals surface area contributed by atoms with Crippen molar-refractivity contribution in [3.63, 3.8) is 0 Å². The highest BCUT2D eigenvalue weighted by molar-refractivity contribution is 4.84. The molecule has 0 aliphatic rings. The first-order valence-electron chi connectivity index (χ1n) is 24.9. The third-order valence-electron chi connectivity index (χ3n) is 12.1. The fourth-order valence-corrected chi connectivity index (χ4v) is 8.45. The van der Waals surface area contributed by atoms with Crippen molar-refractivity contribution >= 4 is 0 Å². The van der Waals surface area contributed by atoms with Gasteiger partial charge in [0, 0.05) is 6.42 Å². The number of hydrogen-bond donors (Lipinski definition) is 0. The van der Waals surface area contributed by atoms with Crippen LogP contribution in [0.5, 0.6) is 0 Å². The van der Waals surface area contributed by atoms with Gasteiger partial charge in [-0.25, -0.2) is 9.13 Å². The van der Waals surface area contributed by atoms with Gasteiger partial charge in [-0.15, -0.1) is 0 Å². The van der Waals surface area contributed by atoms with Crippen LogP contribution in [0.25, 0.3) is 0 Å². The largest absolute Gasteiger partial charge is 0.256 e. The van der Waals surface area contributed by atoms with E-state index in [1.54, 1.807) is 5.82 Å². The molecular formula is C50H99N2+. The van der Waals surface area contributed by atoms with Gasteiger partial charge in [0.2, 0.25) is 0 Å². The van der Waals surface area contributed by atoms with Crippen LogP contribution < -0.4 is 4.57 Å². The van der Waals surface area contributed by atoms with Crippen molar-refractivity contribution < 1.29 is 4.57 Å². The fraction of sp³-hybridized carbons (Fsp3) is 0.940. The Hall–Kier alpha value is -0.790. The lowest BCUT2D eigenvalue weighted by atomic mass is 10.0.